The molecule has 0 heterocycles. The Labute approximate surface area is 124 Å². The summed E-state index contributed by atoms with van der Waals surface area (Å²) in [5.41, 5.74) is 0. The summed E-state index contributed by atoms with van der Waals surface area (Å²) in [5, 5.41) is 1.54. The van der Waals surface area contributed by atoms with Gasteiger partial charge in [0.1, 0.15) is 0 Å². The highest BCUT2D eigenvalue weighted by Gasteiger charge is 2.17. The lowest BCUT2D eigenvalue weighted by Gasteiger charge is -2.12. The van der Waals surface area contributed by atoms with E-state index in [4.69, 9.17) is 0 Å². The molecule has 2 rings (SSSR count). The number of benzene rings is 2. The van der Waals surface area contributed by atoms with Gasteiger partial charge >= 0.3 is 0 Å². The normalized spacial score (nSPS) is 11.5. The summed E-state index contributed by atoms with van der Waals surface area (Å²) in [6.45, 7) is 0.0859. The van der Waals surface area contributed by atoms with Crippen molar-refractivity contribution in [1.29, 1.82) is 0 Å². The molecule has 1 amide bonds. The predicted octanol–water partition coefficient (Wildman–Crippen LogP) is 1.60. The first-order valence-electron chi connectivity index (χ1n) is 6.59. The Morgan fingerprint density at radius 1 is 1.10 bits per heavy atom. The van der Waals surface area contributed by atoms with Crippen molar-refractivity contribution in [1.82, 2.24) is 9.62 Å². The van der Waals surface area contributed by atoms with Gasteiger partial charge in [-0.2, -0.15) is 0 Å². The molecular weight excluding hydrogens is 288 g/mol. The van der Waals surface area contributed by atoms with Crippen LogP contribution in [0.15, 0.2) is 47.4 Å². The number of nitrogens with one attached hydrogen (secondary N) is 1. The van der Waals surface area contributed by atoms with E-state index in [1.54, 1.807) is 38.4 Å². The maximum Gasteiger partial charge on any atom is 0.241 e. The van der Waals surface area contributed by atoms with Gasteiger partial charge in [0.2, 0.25) is 15.9 Å². The first kappa shape index (κ1) is 15.5. The molecule has 0 fully saturated rings. The first-order valence-corrected chi connectivity index (χ1v) is 8.08. The molecule has 2 aromatic carbocycles. The van der Waals surface area contributed by atoms with Crippen molar-refractivity contribution in [2.75, 3.05) is 20.6 Å². The zero-order chi connectivity index (χ0) is 15.5. The number of nitrogens with zero attached hydrogens (tertiary/aromatic N) is 1. The summed E-state index contributed by atoms with van der Waals surface area (Å²) in [7, 11) is -0.348. The predicted molar refractivity (Wildman–Crippen MR) is 82.4 cm³/mol. The van der Waals surface area contributed by atoms with Crippen molar-refractivity contribution in [3.8, 4) is 0 Å². The molecule has 0 saturated carbocycles. The summed E-state index contributed by atoms with van der Waals surface area (Å²) in [5.74, 6) is -0.115. The van der Waals surface area contributed by atoms with Gasteiger partial charge in [0, 0.05) is 32.4 Å². The van der Waals surface area contributed by atoms with Crippen LogP contribution in [0.2, 0.25) is 0 Å². The molecule has 0 radical (unpaired) electrons. The molecule has 0 aliphatic heterocycles. The fourth-order valence-corrected chi connectivity index (χ4v) is 3.28. The van der Waals surface area contributed by atoms with Crippen molar-refractivity contribution in [2.24, 2.45) is 0 Å². The van der Waals surface area contributed by atoms with Gasteiger partial charge in [-0.25, -0.2) is 13.1 Å². The SMILES string of the molecule is CN(C)C(=O)CCNS(=O)(=O)c1cccc2ccccc12. The smallest absolute Gasteiger partial charge is 0.241 e. The van der Waals surface area contributed by atoms with Crippen LogP contribution in [0.4, 0.5) is 0 Å². The lowest BCUT2D eigenvalue weighted by atomic mass is 10.1. The van der Waals surface area contributed by atoms with E-state index in [9.17, 15) is 13.2 Å². The third-order valence-electron chi connectivity index (χ3n) is 3.17. The van der Waals surface area contributed by atoms with Crippen LogP contribution >= 0.6 is 0 Å². The summed E-state index contributed by atoms with van der Waals surface area (Å²) < 4.78 is 27.2. The number of amides is 1. The van der Waals surface area contributed by atoms with E-state index in [1.165, 1.54) is 4.90 Å². The molecule has 112 valence electrons. The van der Waals surface area contributed by atoms with Crippen LogP contribution < -0.4 is 4.72 Å². The standard InChI is InChI=1S/C15H18N2O3S/c1-17(2)15(18)10-11-16-21(19,20)14-9-5-7-12-6-3-4-8-13(12)14/h3-9,16H,10-11H2,1-2H3. The lowest BCUT2D eigenvalue weighted by Crippen LogP contribution is -2.30. The Bertz CT molecular complexity index is 749. The van der Waals surface area contributed by atoms with Gasteiger partial charge in [0.25, 0.3) is 0 Å². The average Bonchev–Trinajstić information content (AvgIpc) is 2.46. The van der Waals surface area contributed by atoms with E-state index in [0.29, 0.717) is 5.39 Å². The van der Waals surface area contributed by atoms with Crippen molar-refractivity contribution in [3.05, 3.63) is 42.5 Å². The number of sulfonamides is 1. The fraction of sp³-hybridized carbons (Fsp3) is 0.267. The van der Waals surface area contributed by atoms with Crippen molar-refractivity contribution >= 4 is 26.7 Å². The highest BCUT2D eigenvalue weighted by Crippen LogP contribution is 2.22. The largest absolute Gasteiger partial charge is 0.349 e. The molecule has 0 aromatic heterocycles. The molecule has 0 aliphatic rings. The molecule has 0 bridgehead atoms. The van der Waals surface area contributed by atoms with Gasteiger partial charge in [0.05, 0.1) is 4.90 Å². The number of hydrogen-bond acceptors (Lipinski definition) is 3. The Hall–Kier alpha value is -1.92. The molecule has 0 spiro atoms. The molecule has 2 aromatic rings. The minimum atomic E-state index is -3.63. The topological polar surface area (TPSA) is 66.5 Å². The third kappa shape index (κ3) is 3.59. The van der Waals surface area contributed by atoms with Gasteiger partial charge < -0.3 is 4.90 Å². The lowest BCUT2D eigenvalue weighted by molar-refractivity contribution is -0.128. The van der Waals surface area contributed by atoms with Gasteiger partial charge in [-0.05, 0) is 11.5 Å². The molecule has 0 saturated heterocycles. The zero-order valence-electron chi connectivity index (χ0n) is 12.0. The molecule has 0 unspecified atom stereocenters. The Kier molecular flexibility index (Phi) is 4.59. The Morgan fingerprint density at radius 3 is 2.48 bits per heavy atom. The quantitative estimate of drug-likeness (QED) is 0.912. The van der Waals surface area contributed by atoms with E-state index in [2.05, 4.69) is 4.72 Å². The molecule has 0 atom stereocenters. The number of hydrogen-bond donors (Lipinski definition) is 1. The molecule has 1 N–H and O–H groups in total. The summed E-state index contributed by atoms with van der Waals surface area (Å²) in [4.78, 5) is 13.1. The average molecular weight is 306 g/mol. The molecule has 5 nitrogen and oxygen atoms in total. The molecular formula is C15H18N2O3S. The fourth-order valence-electron chi connectivity index (χ4n) is 2.02. The number of carbonyl (C=O) groups excluding carboxylic acids is 1. The van der Waals surface area contributed by atoms with Gasteiger partial charge in [-0.15, -0.1) is 0 Å². The monoisotopic (exact) mass is 306 g/mol. The zero-order valence-corrected chi connectivity index (χ0v) is 12.9. The minimum absolute atomic E-state index is 0.0859. The van der Waals surface area contributed by atoms with Crippen LogP contribution in [0.3, 0.4) is 0 Å². The van der Waals surface area contributed by atoms with E-state index in [1.807, 2.05) is 18.2 Å². The Morgan fingerprint density at radius 2 is 1.76 bits per heavy atom. The van der Waals surface area contributed by atoms with Gasteiger partial charge in [0.15, 0.2) is 0 Å². The summed E-state index contributed by atoms with van der Waals surface area (Å²) in [6.07, 6.45) is 0.136. The summed E-state index contributed by atoms with van der Waals surface area (Å²) >= 11 is 0. The number of carbonyl (C=O) groups is 1. The maximum absolute atomic E-state index is 12.4. The number of rotatable bonds is 5. The van der Waals surface area contributed by atoms with Crippen LogP contribution in [0.1, 0.15) is 6.42 Å². The second kappa shape index (κ2) is 6.24. The van der Waals surface area contributed by atoms with Crippen LogP contribution in [-0.4, -0.2) is 39.9 Å². The van der Waals surface area contributed by atoms with E-state index in [-0.39, 0.29) is 23.8 Å². The minimum Gasteiger partial charge on any atom is -0.349 e. The summed E-state index contributed by atoms with van der Waals surface area (Å²) in [6, 6.07) is 12.4. The first-order chi connectivity index (χ1) is 9.92. The second-order valence-corrected chi connectivity index (χ2v) is 6.65. The third-order valence-corrected chi connectivity index (χ3v) is 4.69. The second-order valence-electron chi connectivity index (χ2n) is 4.91. The van der Waals surface area contributed by atoms with Crippen molar-refractivity contribution in [3.63, 3.8) is 0 Å². The van der Waals surface area contributed by atoms with Crippen LogP contribution in [0.5, 0.6) is 0 Å². The van der Waals surface area contributed by atoms with Crippen molar-refractivity contribution < 1.29 is 13.2 Å². The highest BCUT2D eigenvalue weighted by atomic mass is 32.2. The van der Waals surface area contributed by atoms with E-state index < -0.39 is 10.0 Å². The highest BCUT2D eigenvalue weighted by molar-refractivity contribution is 7.89. The van der Waals surface area contributed by atoms with Gasteiger partial charge in [-0.3, -0.25) is 4.79 Å². The van der Waals surface area contributed by atoms with E-state index >= 15 is 0 Å². The molecule has 0 aliphatic carbocycles. The molecule has 6 heteroatoms. The van der Waals surface area contributed by atoms with Crippen molar-refractivity contribution in [2.45, 2.75) is 11.3 Å². The van der Waals surface area contributed by atoms with Crippen LogP contribution in [0, 0.1) is 0 Å². The Balaban J connectivity index is 2.21. The maximum atomic E-state index is 12.4. The van der Waals surface area contributed by atoms with Crippen LogP contribution in [0.25, 0.3) is 10.8 Å². The van der Waals surface area contributed by atoms with E-state index in [0.717, 1.165) is 5.39 Å². The number of fused-ring (bicyclic) bond motifs is 1. The molecule has 21 heavy (non-hydrogen) atoms. The van der Waals surface area contributed by atoms with Gasteiger partial charge in [-0.1, -0.05) is 36.4 Å². The van der Waals surface area contributed by atoms with Crippen LogP contribution in [-0.2, 0) is 14.8 Å².